The fourth-order valence-corrected chi connectivity index (χ4v) is 3.18. The highest BCUT2D eigenvalue weighted by molar-refractivity contribution is 5.04. The van der Waals surface area contributed by atoms with Crippen LogP contribution in [0, 0.1) is 0 Å². The fourth-order valence-electron chi connectivity index (χ4n) is 3.18. The molecule has 146 valence electrons. The number of rotatable bonds is 5. The molecule has 1 aromatic heterocycles. The first kappa shape index (κ1) is 19.2. The Kier molecular flexibility index (Phi) is 6.22. The second kappa shape index (κ2) is 8.42. The van der Waals surface area contributed by atoms with Crippen LogP contribution in [-0.2, 0) is 9.47 Å². The number of ether oxygens (including phenoxy) is 3. The lowest BCUT2D eigenvalue weighted by Crippen LogP contribution is -2.59. The highest BCUT2D eigenvalue weighted by atomic mass is 16.6. The molecule has 0 saturated carbocycles. The van der Waals surface area contributed by atoms with Crippen molar-refractivity contribution in [2.45, 2.75) is 37.6 Å². The minimum Gasteiger partial charge on any atom is -0.465 e. The Hall–Kier alpha value is -1.56. The van der Waals surface area contributed by atoms with Crippen LogP contribution in [0.3, 0.4) is 0 Å². The third-order valence-electron chi connectivity index (χ3n) is 4.58. The molecule has 0 bridgehead atoms. The number of aliphatic hydroxyl groups is 3. The van der Waals surface area contributed by atoms with Gasteiger partial charge in [0.15, 0.2) is 6.23 Å². The molecule has 26 heavy (non-hydrogen) atoms. The first-order valence-corrected chi connectivity index (χ1v) is 8.73. The normalized spacial score (nSPS) is 33.2. The Morgan fingerprint density at radius 3 is 2.65 bits per heavy atom. The molecule has 2 saturated heterocycles. The van der Waals surface area contributed by atoms with E-state index in [1.807, 2.05) is 0 Å². The molecule has 2 fully saturated rings. The van der Waals surface area contributed by atoms with Crippen molar-refractivity contribution in [2.75, 3.05) is 39.5 Å². The SMILES string of the molecule is CCOc1nc(=O)ccn1C1O[C@H](CN2CCOCC2)[C@@H](O)[C@H](O)[C@H]1O. The summed E-state index contributed by atoms with van der Waals surface area (Å²) in [6.07, 6.45) is -4.45. The molecule has 0 spiro atoms. The Labute approximate surface area is 150 Å². The van der Waals surface area contributed by atoms with Gasteiger partial charge in [0.1, 0.15) is 24.4 Å². The van der Waals surface area contributed by atoms with Crippen molar-refractivity contribution >= 4 is 0 Å². The number of morpholine rings is 1. The maximum Gasteiger partial charge on any atom is 0.301 e. The summed E-state index contributed by atoms with van der Waals surface area (Å²) in [5, 5.41) is 31.0. The molecule has 3 rings (SSSR count). The molecule has 0 radical (unpaired) electrons. The summed E-state index contributed by atoms with van der Waals surface area (Å²) < 4.78 is 17.9. The second-order valence-corrected chi connectivity index (χ2v) is 6.34. The molecule has 3 N–H and O–H groups in total. The van der Waals surface area contributed by atoms with Gasteiger partial charge in [-0.25, -0.2) is 0 Å². The van der Waals surface area contributed by atoms with Crippen LogP contribution in [0.5, 0.6) is 6.01 Å². The van der Waals surface area contributed by atoms with E-state index in [1.54, 1.807) is 6.92 Å². The van der Waals surface area contributed by atoms with Crippen molar-refractivity contribution in [3.63, 3.8) is 0 Å². The summed E-state index contributed by atoms with van der Waals surface area (Å²) in [6, 6.07) is 1.20. The molecular weight excluding hydrogens is 346 g/mol. The van der Waals surface area contributed by atoms with Crippen molar-refractivity contribution < 1.29 is 29.5 Å². The van der Waals surface area contributed by atoms with Crippen LogP contribution in [-0.4, -0.2) is 93.6 Å². The van der Waals surface area contributed by atoms with Gasteiger partial charge in [0, 0.05) is 31.9 Å². The molecule has 0 aromatic carbocycles. The zero-order chi connectivity index (χ0) is 18.7. The standard InChI is InChI=1S/C16H25N3O7/c1-2-25-16-17-11(20)3-4-19(16)15-14(23)13(22)12(21)10(26-15)9-18-5-7-24-8-6-18/h3-4,10,12-15,21-23H,2,5-9H2,1H3/t10-,12-,13+,14-,15?/m1/s1. The van der Waals surface area contributed by atoms with E-state index in [2.05, 4.69) is 9.88 Å². The van der Waals surface area contributed by atoms with E-state index in [0.29, 0.717) is 32.8 Å². The number of hydrogen-bond donors (Lipinski definition) is 3. The van der Waals surface area contributed by atoms with Crippen molar-refractivity contribution in [3.05, 3.63) is 22.6 Å². The largest absolute Gasteiger partial charge is 0.465 e. The maximum absolute atomic E-state index is 11.5. The van der Waals surface area contributed by atoms with Crippen molar-refractivity contribution in [1.29, 1.82) is 0 Å². The van der Waals surface area contributed by atoms with E-state index in [4.69, 9.17) is 14.2 Å². The molecule has 0 amide bonds. The summed E-state index contributed by atoms with van der Waals surface area (Å²) in [7, 11) is 0. The third kappa shape index (κ3) is 4.05. The van der Waals surface area contributed by atoms with Gasteiger partial charge in [0.2, 0.25) is 0 Å². The van der Waals surface area contributed by atoms with Crippen LogP contribution in [0.1, 0.15) is 13.2 Å². The van der Waals surface area contributed by atoms with Crippen LogP contribution < -0.4 is 10.3 Å². The molecule has 0 aliphatic carbocycles. The molecular formula is C16H25N3O7. The van der Waals surface area contributed by atoms with E-state index >= 15 is 0 Å². The van der Waals surface area contributed by atoms with E-state index in [1.165, 1.54) is 16.8 Å². The Balaban J connectivity index is 1.83. The smallest absolute Gasteiger partial charge is 0.301 e. The predicted octanol–water partition coefficient (Wildman–Crippen LogP) is -2.05. The van der Waals surface area contributed by atoms with Gasteiger partial charge in [0.25, 0.3) is 5.56 Å². The van der Waals surface area contributed by atoms with E-state index in [-0.39, 0.29) is 12.6 Å². The quantitative estimate of drug-likeness (QED) is 0.536. The molecule has 10 heteroatoms. The summed E-state index contributed by atoms with van der Waals surface area (Å²) in [5.74, 6) is 0. The first-order valence-electron chi connectivity index (χ1n) is 8.73. The molecule has 1 unspecified atom stereocenters. The monoisotopic (exact) mass is 371 g/mol. The molecule has 5 atom stereocenters. The number of aliphatic hydroxyl groups excluding tert-OH is 3. The summed E-state index contributed by atoms with van der Waals surface area (Å²) in [6.45, 7) is 4.95. The Morgan fingerprint density at radius 1 is 1.23 bits per heavy atom. The number of aromatic nitrogens is 2. The Morgan fingerprint density at radius 2 is 1.96 bits per heavy atom. The Bertz CT molecular complexity index is 649. The van der Waals surface area contributed by atoms with Gasteiger partial charge in [0.05, 0.1) is 19.8 Å². The molecule has 2 aliphatic heterocycles. The molecule has 2 aliphatic rings. The second-order valence-electron chi connectivity index (χ2n) is 6.34. The maximum atomic E-state index is 11.5. The predicted molar refractivity (Wildman–Crippen MR) is 88.9 cm³/mol. The van der Waals surface area contributed by atoms with E-state index in [0.717, 1.165) is 0 Å². The first-order chi connectivity index (χ1) is 12.5. The minimum absolute atomic E-state index is 0.0160. The van der Waals surface area contributed by atoms with Gasteiger partial charge in [-0.15, -0.1) is 0 Å². The lowest BCUT2D eigenvalue weighted by molar-refractivity contribution is -0.249. The zero-order valence-electron chi connectivity index (χ0n) is 14.6. The van der Waals surface area contributed by atoms with Crippen LogP contribution in [0.15, 0.2) is 17.1 Å². The van der Waals surface area contributed by atoms with Gasteiger partial charge < -0.3 is 29.5 Å². The van der Waals surface area contributed by atoms with Crippen molar-refractivity contribution in [2.24, 2.45) is 0 Å². The molecule has 10 nitrogen and oxygen atoms in total. The average molecular weight is 371 g/mol. The summed E-state index contributed by atoms with van der Waals surface area (Å²) >= 11 is 0. The number of nitrogens with zero attached hydrogens (tertiary/aromatic N) is 3. The summed E-state index contributed by atoms with van der Waals surface area (Å²) in [4.78, 5) is 17.4. The van der Waals surface area contributed by atoms with Crippen LogP contribution >= 0.6 is 0 Å². The van der Waals surface area contributed by atoms with Crippen molar-refractivity contribution in [1.82, 2.24) is 14.5 Å². The van der Waals surface area contributed by atoms with Crippen LogP contribution in [0.2, 0.25) is 0 Å². The van der Waals surface area contributed by atoms with Gasteiger partial charge in [-0.3, -0.25) is 14.3 Å². The van der Waals surface area contributed by atoms with Gasteiger partial charge in [-0.1, -0.05) is 0 Å². The third-order valence-corrected chi connectivity index (χ3v) is 4.58. The van der Waals surface area contributed by atoms with Gasteiger partial charge >= 0.3 is 6.01 Å². The van der Waals surface area contributed by atoms with E-state index in [9.17, 15) is 20.1 Å². The highest BCUT2D eigenvalue weighted by Gasteiger charge is 2.45. The summed E-state index contributed by atoms with van der Waals surface area (Å²) in [5.41, 5.74) is -0.486. The van der Waals surface area contributed by atoms with Crippen LogP contribution in [0.4, 0.5) is 0 Å². The van der Waals surface area contributed by atoms with Crippen LogP contribution in [0.25, 0.3) is 0 Å². The highest BCUT2D eigenvalue weighted by Crippen LogP contribution is 2.30. The molecule has 1 aromatic rings. The average Bonchev–Trinajstić information content (AvgIpc) is 2.64. The lowest BCUT2D eigenvalue weighted by atomic mass is 9.97. The zero-order valence-corrected chi connectivity index (χ0v) is 14.6. The molecule has 3 heterocycles. The van der Waals surface area contributed by atoms with Gasteiger partial charge in [-0.2, -0.15) is 4.98 Å². The van der Waals surface area contributed by atoms with Crippen molar-refractivity contribution in [3.8, 4) is 6.01 Å². The topological polar surface area (TPSA) is 127 Å². The van der Waals surface area contributed by atoms with Gasteiger partial charge in [-0.05, 0) is 6.92 Å². The van der Waals surface area contributed by atoms with E-state index < -0.39 is 36.2 Å². The lowest BCUT2D eigenvalue weighted by Gasteiger charge is -2.43. The minimum atomic E-state index is -1.41. The number of hydrogen-bond acceptors (Lipinski definition) is 9. The fraction of sp³-hybridized carbons (Fsp3) is 0.750.